The summed E-state index contributed by atoms with van der Waals surface area (Å²) in [6.45, 7) is 4.81. The van der Waals surface area contributed by atoms with Crippen LogP contribution in [0.5, 0.6) is 0 Å². The van der Waals surface area contributed by atoms with Crippen LogP contribution in [0.15, 0.2) is 0 Å². The minimum Gasteiger partial charge on any atom is -0.312 e. The number of imide groups is 1. The molecule has 0 bridgehead atoms. The number of fused-ring (bicyclic) bond motifs is 1. The average molecular weight is 196 g/mol. The van der Waals surface area contributed by atoms with Gasteiger partial charge in [-0.3, -0.25) is 14.5 Å². The number of carbonyl (C=O) groups excluding carboxylic acids is 2. The standard InChI is InChI=1S/C10H16N2O2/c1-5(2)8-7-6(4-11-8)9(13)12(3)10(7)14/h5-8,11H,4H2,1-3H3/t6-,7+,8+/m1/s1. The molecule has 14 heavy (non-hydrogen) atoms. The highest BCUT2D eigenvalue weighted by atomic mass is 16.2. The molecule has 4 heteroatoms. The molecule has 0 saturated carbocycles. The molecule has 0 aliphatic carbocycles. The molecule has 2 rings (SSSR count). The van der Waals surface area contributed by atoms with Crippen molar-refractivity contribution in [1.29, 1.82) is 0 Å². The van der Waals surface area contributed by atoms with E-state index in [9.17, 15) is 9.59 Å². The van der Waals surface area contributed by atoms with Gasteiger partial charge in [-0.05, 0) is 5.92 Å². The predicted octanol–water partition coefficient (Wildman–Crippen LogP) is -0.155. The Morgan fingerprint density at radius 2 is 2.00 bits per heavy atom. The number of rotatable bonds is 1. The van der Waals surface area contributed by atoms with Gasteiger partial charge in [0, 0.05) is 19.6 Å². The molecule has 0 radical (unpaired) electrons. The fraction of sp³-hybridized carbons (Fsp3) is 0.800. The van der Waals surface area contributed by atoms with E-state index in [2.05, 4.69) is 19.2 Å². The Kier molecular flexibility index (Phi) is 2.10. The summed E-state index contributed by atoms with van der Waals surface area (Å²) >= 11 is 0. The molecule has 2 amide bonds. The molecule has 2 aliphatic heterocycles. The van der Waals surface area contributed by atoms with Crippen molar-refractivity contribution >= 4 is 11.8 Å². The summed E-state index contributed by atoms with van der Waals surface area (Å²) in [5.74, 6) is 0.139. The van der Waals surface area contributed by atoms with Crippen LogP contribution >= 0.6 is 0 Å². The zero-order valence-electron chi connectivity index (χ0n) is 8.78. The van der Waals surface area contributed by atoms with E-state index < -0.39 is 0 Å². The number of hydrogen-bond acceptors (Lipinski definition) is 3. The molecule has 0 aromatic heterocycles. The minimum absolute atomic E-state index is 0.0105. The van der Waals surface area contributed by atoms with Crippen LogP contribution < -0.4 is 5.32 Å². The summed E-state index contributed by atoms with van der Waals surface area (Å²) in [6, 6.07) is 0.168. The van der Waals surface area contributed by atoms with Gasteiger partial charge in [0.1, 0.15) is 0 Å². The lowest BCUT2D eigenvalue weighted by atomic mass is 9.87. The van der Waals surface area contributed by atoms with E-state index in [1.165, 1.54) is 4.90 Å². The first-order chi connectivity index (χ1) is 6.54. The second kappa shape index (κ2) is 3.05. The molecule has 4 nitrogen and oxygen atoms in total. The lowest BCUT2D eigenvalue weighted by Crippen LogP contribution is -2.39. The van der Waals surface area contributed by atoms with E-state index in [-0.39, 0.29) is 29.7 Å². The zero-order chi connectivity index (χ0) is 10.5. The van der Waals surface area contributed by atoms with E-state index in [4.69, 9.17) is 0 Å². The highest BCUT2D eigenvalue weighted by Crippen LogP contribution is 2.34. The molecular weight excluding hydrogens is 180 g/mol. The number of nitrogens with one attached hydrogen (secondary N) is 1. The van der Waals surface area contributed by atoms with Crippen molar-refractivity contribution < 1.29 is 9.59 Å². The molecule has 0 unspecified atom stereocenters. The Morgan fingerprint density at radius 3 is 2.57 bits per heavy atom. The maximum atomic E-state index is 11.8. The van der Waals surface area contributed by atoms with Gasteiger partial charge in [0.05, 0.1) is 11.8 Å². The van der Waals surface area contributed by atoms with Gasteiger partial charge in [0.25, 0.3) is 0 Å². The molecule has 2 aliphatic rings. The SMILES string of the molecule is CC(C)[C@@H]1NC[C@H]2C(=O)N(C)C(=O)[C@@H]21. The van der Waals surface area contributed by atoms with Gasteiger partial charge in [-0.25, -0.2) is 0 Å². The largest absolute Gasteiger partial charge is 0.312 e. The lowest BCUT2D eigenvalue weighted by molar-refractivity contribution is -0.138. The van der Waals surface area contributed by atoms with E-state index in [0.717, 1.165) is 0 Å². The normalized spacial score (nSPS) is 37.1. The van der Waals surface area contributed by atoms with Gasteiger partial charge in [-0.2, -0.15) is 0 Å². The summed E-state index contributed by atoms with van der Waals surface area (Å²) in [5.41, 5.74) is 0. The van der Waals surface area contributed by atoms with Crippen LogP contribution in [0.2, 0.25) is 0 Å². The number of hydrogen-bond donors (Lipinski definition) is 1. The Balaban J connectivity index is 2.27. The van der Waals surface area contributed by atoms with Crippen LogP contribution in [0.1, 0.15) is 13.8 Å². The molecule has 0 spiro atoms. The summed E-state index contributed by atoms with van der Waals surface area (Å²) < 4.78 is 0. The first kappa shape index (κ1) is 9.65. The van der Waals surface area contributed by atoms with E-state index in [1.807, 2.05) is 0 Å². The van der Waals surface area contributed by atoms with Gasteiger partial charge < -0.3 is 5.32 Å². The van der Waals surface area contributed by atoms with Gasteiger partial charge in [-0.1, -0.05) is 13.8 Å². The molecule has 1 N–H and O–H groups in total. The van der Waals surface area contributed by atoms with E-state index in [0.29, 0.717) is 12.5 Å². The Hall–Kier alpha value is -0.900. The lowest BCUT2D eigenvalue weighted by Gasteiger charge is -2.20. The molecular formula is C10H16N2O2. The fourth-order valence-corrected chi connectivity index (χ4v) is 2.57. The first-order valence-electron chi connectivity index (χ1n) is 5.09. The van der Waals surface area contributed by atoms with E-state index >= 15 is 0 Å². The highest BCUT2D eigenvalue weighted by Gasteiger charge is 2.53. The topological polar surface area (TPSA) is 49.4 Å². The third-order valence-corrected chi connectivity index (χ3v) is 3.38. The molecule has 2 heterocycles. The smallest absolute Gasteiger partial charge is 0.234 e. The van der Waals surface area contributed by atoms with Crippen LogP contribution in [0, 0.1) is 17.8 Å². The van der Waals surface area contributed by atoms with Crippen LogP contribution in [-0.2, 0) is 9.59 Å². The quantitative estimate of drug-likeness (QED) is 0.593. The predicted molar refractivity (Wildman–Crippen MR) is 51.4 cm³/mol. The molecule has 0 aromatic carbocycles. The number of amides is 2. The molecule has 3 atom stereocenters. The third kappa shape index (κ3) is 1.10. The number of carbonyl (C=O) groups is 2. The second-order valence-corrected chi connectivity index (χ2v) is 4.55. The zero-order valence-corrected chi connectivity index (χ0v) is 8.78. The Labute approximate surface area is 83.6 Å². The molecule has 2 fully saturated rings. The Morgan fingerprint density at radius 1 is 1.36 bits per heavy atom. The monoisotopic (exact) mass is 196 g/mol. The van der Waals surface area contributed by atoms with Crippen molar-refractivity contribution in [3.63, 3.8) is 0 Å². The van der Waals surface area contributed by atoms with Crippen molar-refractivity contribution in [3.05, 3.63) is 0 Å². The summed E-state index contributed by atoms with van der Waals surface area (Å²) in [5, 5.41) is 3.27. The Bertz CT molecular complexity index is 288. The van der Waals surface area contributed by atoms with E-state index in [1.54, 1.807) is 7.05 Å². The highest BCUT2D eigenvalue weighted by molar-refractivity contribution is 6.05. The number of nitrogens with zero attached hydrogens (tertiary/aromatic N) is 1. The van der Waals surface area contributed by atoms with Gasteiger partial charge in [0.2, 0.25) is 11.8 Å². The average Bonchev–Trinajstić information content (AvgIpc) is 2.64. The molecule has 2 saturated heterocycles. The minimum atomic E-state index is -0.118. The summed E-state index contributed by atoms with van der Waals surface area (Å²) in [4.78, 5) is 24.7. The van der Waals surface area contributed by atoms with Crippen molar-refractivity contribution in [2.75, 3.05) is 13.6 Å². The van der Waals surface area contributed by atoms with Gasteiger partial charge in [0.15, 0.2) is 0 Å². The maximum absolute atomic E-state index is 11.8. The third-order valence-electron chi connectivity index (χ3n) is 3.38. The van der Waals surface area contributed by atoms with Crippen LogP contribution in [0.25, 0.3) is 0 Å². The van der Waals surface area contributed by atoms with Crippen LogP contribution in [0.3, 0.4) is 0 Å². The summed E-state index contributed by atoms with van der Waals surface area (Å²) in [6.07, 6.45) is 0. The second-order valence-electron chi connectivity index (χ2n) is 4.55. The van der Waals surface area contributed by atoms with Gasteiger partial charge in [-0.15, -0.1) is 0 Å². The van der Waals surface area contributed by atoms with Crippen molar-refractivity contribution in [1.82, 2.24) is 10.2 Å². The summed E-state index contributed by atoms with van der Waals surface area (Å²) in [7, 11) is 1.58. The number of likely N-dealkylation sites (tertiary alicyclic amines) is 1. The van der Waals surface area contributed by atoms with Crippen molar-refractivity contribution in [3.8, 4) is 0 Å². The van der Waals surface area contributed by atoms with Crippen LogP contribution in [-0.4, -0.2) is 36.3 Å². The fourth-order valence-electron chi connectivity index (χ4n) is 2.57. The van der Waals surface area contributed by atoms with Crippen molar-refractivity contribution in [2.45, 2.75) is 19.9 Å². The van der Waals surface area contributed by atoms with Crippen molar-refractivity contribution in [2.24, 2.45) is 17.8 Å². The first-order valence-corrected chi connectivity index (χ1v) is 5.09. The maximum Gasteiger partial charge on any atom is 0.234 e. The van der Waals surface area contributed by atoms with Crippen LogP contribution in [0.4, 0.5) is 0 Å². The van der Waals surface area contributed by atoms with Gasteiger partial charge >= 0.3 is 0 Å². The molecule has 78 valence electrons. The molecule has 0 aromatic rings.